The molecule has 0 aliphatic rings. The first-order valence-electron chi connectivity index (χ1n) is 4.80. The van der Waals surface area contributed by atoms with Gasteiger partial charge in [0.1, 0.15) is 5.82 Å². The van der Waals surface area contributed by atoms with Crippen LogP contribution in [0.1, 0.15) is 0 Å². The van der Waals surface area contributed by atoms with Crippen molar-refractivity contribution < 1.29 is 9.53 Å². The van der Waals surface area contributed by atoms with Crippen molar-refractivity contribution in [1.82, 2.24) is 15.3 Å². The van der Waals surface area contributed by atoms with E-state index in [0.717, 1.165) is 0 Å². The first kappa shape index (κ1) is 12.2. The zero-order valence-corrected chi connectivity index (χ0v) is 9.06. The number of rotatable bonds is 6. The SMILES string of the molecule is COCCNC(=O)CNc1ccnc(N)n1. The molecule has 7 nitrogen and oxygen atoms in total. The van der Waals surface area contributed by atoms with E-state index < -0.39 is 0 Å². The van der Waals surface area contributed by atoms with E-state index >= 15 is 0 Å². The lowest BCUT2D eigenvalue weighted by Gasteiger charge is -2.06. The highest BCUT2D eigenvalue weighted by molar-refractivity contribution is 5.80. The molecule has 0 aliphatic heterocycles. The largest absolute Gasteiger partial charge is 0.383 e. The molecule has 0 saturated heterocycles. The van der Waals surface area contributed by atoms with E-state index in [-0.39, 0.29) is 18.4 Å². The Hall–Kier alpha value is -1.89. The molecule has 0 spiro atoms. The third-order valence-electron chi connectivity index (χ3n) is 1.73. The van der Waals surface area contributed by atoms with Gasteiger partial charge in [0.2, 0.25) is 11.9 Å². The summed E-state index contributed by atoms with van der Waals surface area (Å²) in [6, 6.07) is 1.64. The number of amides is 1. The van der Waals surface area contributed by atoms with E-state index in [0.29, 0.717) is 19.0 Å². The molecule has 1 rings (SSSR count). The number of nitrogens with zero attached hydrogens (tertiary/aromatic N) is 2. The van der Waals surface area contributed by atoms with Crippen molar-refractivity contribution >= 4 is 17.7 Å². The van der Waals surface area contributed by atoms with Gasteiger partial charge in [-0.25, -0.2) is 4.98 Å². The van der Waals surface area contributed by atoms with Gasteiger partial charge in [0.25, 0.3) is 0 Å². The minimum atomic E-state index is -0.130. The zero-order chi connectivity index (χ0) is 11.8. The molecule has 0 unspecified atom stereocenters. The second-order valence-corrected chi connectivity index (χ2v) is 3.00. The maximum absolute atomic E-state index is 11.3. The minimum absolute atomic E-state index is 0.130. The smallest absolute Gasteiger partial charge is 0.239 e. The average molecular weight is 225 g/mol. The molecule has 1 heterocycles. The number of hydrogen-bond acceptors (Lipinski definition) is 6. The van der Waals surface area contributed by atoms with Crippen molar-refractivity contribution in [2.45, 2.75) is 0 Å². The lowest BCUT2D eigenvalue weighted by atomic mass is 10.5. The summed E-state index contributed by atoms with van der Waals surface area (Å²) >= 11 is 0. The lowest BCUT2D eigenvalue weighted by molar-refractivity contribution is -0.119. The van der Waals surface area contributed by atoms with Gasteiger partial charge in [-0.15, -0.1) is 0 Å². The molecule has 0 bridgehead atoms. The van der Waals surface area contributed by atoms with Gasteiger partial charge in [0.15, 0.2) is 0 Å². The molecule has 0 saturated carbocycles. The van der Waals surface area contributed by atoms with Crippen molar-refractivity contribution in [3.05, 3.63) is 12.3 Å². The second-order valence-electron chi connectivity index (χ2n) is 3.00. The molecule has 0 radical (unpaired) electrons. The standard InChI is InChI=1S/C9H15N5O2/c1-16-5-4-11-8(15)6-13-7-2-3-12-9(10)14-7/h2-3H,4-6H2,1H3,(H,11,15)(H3,10,12,13,14). The summed E-state index contributed by atoms with van der Waals surface area (Å²) < 4.78 is 4.80. The van der Waals surface area contributed by atoms with Gasteiger partial charge in [-0.05, 0) is 6.07 Å². The molecule has 4 N–H and O–H groups in total. The fraction of sp³-hybridized carbons (Fsp3) is 0.444. The fourth-order valence-electron chi connectivity index (χ4n) is 0.998. The molecule has 0 aliphatic carbocycles. The highest BCUT2D eigenvalue weighted by Gasteiger charge is 2.01. The summed E-state index contributed by atoms with van der Waals surface area (Å²) in [6.45, 7) is 1.12. The quantitative estimate of drug-likeness (QED) is 0.550. The highest BCUT2D eigenvalue weighted by atomic mass is 16.5. The molecule has 0 aromatic carbocycles. The van der Waals surface area contributed by atoms with Crippen molar-refractivity contribution in [3.63, 3.8) is 0 Å². The van der Waals surface area contributed by atoms with Crippen LogP contribution < -0.4 is 16.4 Å². The number of methoxy groups -OCH3 is 1. The van der Waals surface area contributed by atoms with Gasteiger partial charge in [-0.2, -0.15) is 4.98 Å². The number of carbonyl (C=O) groups excluding carboxylic acids is 1. The molecule has 16 heavy (non-hydrogen) atoms. The fourth-order valence-corrected chi connectivity index (χ4v) is 0.998. The second kappa shape index (κ2) is 6.57. The molecular weight excluding hydrogens is 210 g/mol. The predicted molar refractivity (Wildman–Crippen MR) is 59.8 cm³/mol. The average Bonchev–Trinajstić information content (AvgIpc) is 2.27. The maximum Gasteiger partial charge on any atom is 0.239 e. The summed E-state index contributed by atoms with van der Waals surface area (Å²) in [5, 5.41) is 5.50. The molecule has 1 amide bonds. The molecule has 0 fully saturated rings. The highest BCUT2D eigenvalue weighted by Crippen LogP contribution is 2.01. The Morgan fingerprint density at radius 2 is 2.44 bits per heavy atom. The van der Waals surface area contributed by atoms with E-state index in [1.165, 1.54) is 6.20 Å². The van der Waals surface area contributed by atoms with E-state index in [9.17, 15) is 4.79 Å². The number of nitrogens with two attached hydrogens (primary N) is 1. The van der Waals surface area contributed by atoms with Gasteiger partial charge in [-0.1, -0.05) is 0 Å². The Balaban J connectivity index is 2.26. The Kier molecular flexibility index (Phi) is 5.00. The van der Waals surface area contributed by atoms with Gasteiger partial charge in [0.05, 0.1) is 13.2 Å². The minimum Gasteiger partial charge on any atom is -0.383 e. The normalized spacial score (nSPS) is 9.81. The topological polar surface area (TPSA) is 102 Å². The molecule has 1 aromatic heterocycles. The summed E-state index contributed by atoms with van der Waals surface area (Å²) in [4.78, 5) is 18.9. The van der Waals surface area contributed by atoms with Crippen LogP contribution in [0.15, 0.2) is 12.3 Å². The third-order valence-corrected chi connectivity index (χ3v) is 1.73. The van der Waals surface area contributed by atoms with Crippen LogP contribution in [0.25, 0.3) is 0 Å². The van der Waals surface area contributed by atoms with Crippen molar-refractivity contribution in [2.24, 2.45) is 0 Å². The number of hydrogen-bond donors (Lipinski definition) is 3. The zero-order valence-electron chi connectivity index (χ0n) is 9.06. The van der Waals surface area contributed by atoms with Crippen LogP contribution in [0.2, 0.25) is 0 Å². The third kappa shape index (κ3) is 4.56. The van der Waals surface area contributed by atoms with Crippen LogP contribution in [0.4, 0.5) is 11.8 Å². The molecule has 7 heteroatoms. The number of anilines is 2. The maximum atomic E-state index is 11.3. The molecule has 88 valence electrons. The first-order valence-corrected chi connectivity index (χ1v) is 4.80. The lowest BCUT2D eigenvalue weighted by Crippen LogP contribution is -2.32. The molecule has 0 atom stereocenters. The van der Waals surface area contributed by atoms with E-state index in [1.807, 2.05) is 0 Å². The Morgan fingerprint density at radius 3 is 3.12 bits per heavy atom. The van der Waals surface area contributed by atoms with Gasteiger partial charge in [0, 0.05) is 19.9 Å². The number of nitrogens with one attached hydrogen (secondary N) is 2. The van der Waals surface area contributed by atoms with Crippen LogP contribution in [0.5, 0.6) is 0 Å². The van der Waals surface area contributed by atoms with Gasteiger partial charge < -0.3 is 21.1 Å². The van der Waals surface area contributed by atoms with Crippen LogP contribution in [-0.4, -0.2) is 42.7 Å². The number of ether oxygens (including phenoxy) is 1. The Labute approximate surface area is 93.4 Å². The van der Waals surface area contributed by atoms with Crippen LogP contribution >= 0.6 is 0 Å². The molecule has 1 aromatic rings. The monoisotopic (exact) mass is 225 g/mol. The summed E-state index contributed by atoms with van der Waals surface area (Å²) in [5.74, 6) is 0.563. The van der Waals surface area contributed by atoms with Crippen LogP contribution in [0.3, 0.4) is 0 Å². The van der Waals surface area contributed by atoms with Crippen molar-refractivity contribution in [2.75, 3.05) is 37.9 Å². The first-order chi connectivity index (χ1) is 7.72. The predicted octanol–water partition coefficient (Wildman–Crippen LogP) is -0.767. The van der Waals surface area contributed by atoms with Gasteiger partial charge in [-0.3, -0.25) is 4.79 Å². The Morgan fingerprint density at radius 1 is 1.62 bits per heavy atom. The summed E-state index contributed by atoms with van der Waals surface area (Å²) in [5.41, 5.74) is 5.38. The van der Waals surface area contributed by atoms with Crippen LogP contribution in [-0.2, 0) is 9.53 Å². The van der Waals surface area contributed by atoms with E-state index in [2.05, 4.69) is 20.6 Å². The number of nitrogen functional groups attached to an aromatic ring is 1. The van der Waals surface area contributed by atoms with E-state index in [1.54, 1.807) is 13.2 Å². The Bertz CT molecular complexity index is 344. The molecular formula is C9H15N5O2. The van der Waals surface area contributed by atoms with Gasteiger partial charge >= 0.3 is 0 Å². The van der Waals surface area contributed by atoms with E-state index in [4.69, 9.17) is 10.5 Å². The van der Waals surface area contributed by atoms with Crippen molar-refractivity contribution in [1.29, 1.82) is 0 Å². The van der Waals surface area contributed by atoms with Crippen LogP contribution in [0, 0.1) is 0 Å². The summed E-state index contributed by atoms with van der Waals surface area (Å²) in [6.07, 6.45) is 1.52. The van der Waals surface area contributed by atoms with Crippen molar-refractivity contribution in [3.8, 4) is 0 Å². The number of carbonyl (C=O) groups is 1. The number of aromatic nitrogens is 2. The summed E-state index contributed by atoms with van der Waals surface area (Å²) in [7, 11) is 1.58.